The number of nitrogens with one attached hydrogen (secondary N) is 2. The van der Waals surface area contributed by atoms with E-state index in [0.29, 0.717) is 21.1 Å². The van der Waals surface area contributed by atoms with Crippen molar-refractivity contribution < 1.29 is 19.1 Å². The number of aryl methyl sites for hydroxylation is 1. The third-order valence-electron chi connectivity index (χ3n) is 4.14. The summed E-state index contributed by atoms with van der Waals surface area (Å²) >= 11 is 8.10. The van der Waals surface area contributed by atoms with Crippen molar-refractivity contribution in [1.82, 2.24) is 0 Å². The molecule has 2 heterocycles. The average Bonchev–Trinajstić information content (AvgIpc) is 3.32. The Balaban J connectivity index is 1.92. The Morgan fingerprint density at radius 1 is 1.10 bits per heavy atom. The summed E-state index contributed by atoms with van der Waals surface area (Å²) in [5.41, 5.74) is 2.72. The number of anilines is 2. The van der Waals surface area contributed by atoms with Gasteiger partial charge in [0.25, 0.3) is 0 Å². The van der Waals surface area contributed by atoms with Crippen LogP contribution in [0.3, 0.4) is 0 Å². The van der Waals surface area contributed by atoms with Crippen LogP contribution < -0.4 is 10.6 Å². The summed E-state index contributed by atoms with van der Waals surface area (Å²) in [6.07, 6.45) is 0. The quantitative estimate of drug-likeness (QED) is 0.368. The number of ether oxygens (including phenoxy) is 2. The molecule has 0 saturated carbocycles. The number of carbonyl (C=O) groups excluding carboxylic acids is 2. The second-order valence-corrected chi connectivity index (χ2v) is 8.61. The van der Waals surface area contributed by atoms with E-state index in [9.17, 15) is 9.59 Å². The lowest BCUT2D eigenvalue weighted by Crippen LogP contribution is -2.21. The lowest BCUT2D eigenvalue weighted by molar-refractivity contribution is 0.0528. The van der Waals surface area contributed by atoms with Gasteiger partial charge >= 0.3 is 11.9 Å². The maximum atomic E-state index is 12.8. The predicted molar refractivity (Wildman–Crippen MR) is 126 cm³/mol. The van der Waals surface area contributed by atoms with Gasteiger partial charge in [0.2, 0.25) is 0 Å². The van der Waals surface area contributed by atoms with Crippen LogP contribution >= 0.6 is 34.9 Å². The van der Waals surface area contributed by atoms with E-state index >= 15 is 0 Å². The minimum atomic E-state index is -0.444. The number of carbonyl (C=O) groups is 2. The van der Waals surface area contributed by atoms with E-state index in [0.717, 1.165) is 16.0 Å². The fourth-order valence-electron chi connectivity index (χ4n) is 2.90. The summed E-state index contributed by atoms with van der Waals surface area (Å²) in [6.45, 7) is 3.98. The minimum Gasteiger partial charge on any atom is -0.465 e. The van der Waals surface area contributed by atoms with Gasteiger partial charge in [-0.25, -0.2) is 9.59 Å². The highest BCUT2D eigenvalue weighted by molar-refractivity contribution is 7.80. The van der Waals surface area contributed by atoms with Crippen LogP contribution in [-0.4, -0.2) is 30.8 Å². The van der Waals surface area contributed by atoms with Crippen LogP contribution in [0, 0.1) is 6.92 Å². The van der Waals surface area contributed by atoms with Crippen molar-refractivity contribution >= 4 is 62.6 Å². The molecular weight excluding hydrogens is 440 g/mol. The Morgan fingerprint density at radius 2 is 1.83 bits per heavy atom. The van der Waals surface area contributed by atoms with Crippen molar-refractivity contribution in [3.63, 3.8) is 0 Å². The fraction of sp³-hybridized carbons (Fsp3) is 0.190. The number of thiocarbonyl (C=S) groups is 1. The van der Waals surface area contributed by atoms with Crippen molar-refractivity contribution in [1.29, 1.82) is 0 Å². The summed E-state index contributed by atoms with van der Waals surface area (Å²) in [5.74, 6) is -0.863. The van der Waals surface area contributed by atoms with E-state index in [1.165, 1.54) is 29.8 Å². The van der Waals surface area contributed by atoms with Crippen molar-refractivity contribution in [3.8, 4) is 11.1 Å². The number of thiophene rings is 2. The molecule has 0 saturated heterocycles. The Labute approximate surface area is 187 Å². The van der Waals surface area contributed by atoms with Crippen molar-refractivity contribution in [2.75, 3.05) is 24.4 Å². The Bertz CT molecular complexity index is 1070. The van der Waals surface area contributed by atoms with Gasteiger partial charge < -0.3 is 20.1 Å². The zero-order chi connectivity index (χ0) is 21.7. The maximum absolute atomic E-state index is 12.8. The lowest BCUT2D eigenvalue weighted by atomic mass is 10.0. The fourth-order valence-corrected chi connectivity index (χ4v) is 5.01. The van der Waals surface area contributed by atoms with E-state index in [2.05, 4.69) is 10.6 Å². The van der Waals surface area contributed by atoms with E-state index in [-0.39, 0.29) is 11.7 Å². The summed E-state index contributed by atoms with van der Waals surface area (Å²) in [4.78, 5) is 26.0. The molecule has 0 aliphatic heterocycles. The maximum Gasteiger partial charge on any atom is 0.350 e. The molecule has 0 fully saturated rings. The monoisotopic (exact) mass is 460 g/mol. The third-order valence-corrected chi connectivity index (χ3v) is 6.26. The third kappa shape index (κ3) is 4.69. The first-order valence-corrected chi connectivity index (χ1v) is 11.2. The number of hydrogen-bond acceptors (Lipinski definition) is 7. The Kier molecular flexibility index (Phi) is 7.20. The number of benzene rings is 1. The van der Waals surface area contributed by atoms with Gasteiger partial charge in [-0.05, 0) is 43.1 Å². The van der Waals surface area contributed by atoms with Crippen LogP contribution in [0.4, 0.5) is 10.7 Å². The molecule has 3 rings (SSSR count). The van der Waals surface area contributed by atoms with Gasteiger partial charge in [-0.3, -0.25) is 0 Å². The van der Waals surface area contributed by atoms with E-state index < -0.39 is 11.9 Å². The van der Waals surface area contributed by atoms with Crippen molar-refractivity contribution in [3.05, 3.63) is 57.1 Å². The molecule has 1 aromatic carbocycles. The molecule has 0 atom stereocenters. The van der Waals surface area contributed by atoms with E-state index in [4.69, 9.17) is 21.7 Å². The number of methoxy groups -OCH3 is 1. The second kappa shape index (κ2) is 9.84. The smallest absolute Gasteiger partial charge is 0.350 e. The van der Waals surface area contributed by atoms with Crippen LogP contribution in [0.1, 0.15) is 31.8 Å². The van der Waals surface area contributed by atoms with Crippen LogP contribution in [-0.2, 0) is 9.47 Å². The topological polar surface area (TPSA) is 76.7 Å². The van der Waals surface area contributed by atoms with Gasteiger partial charge in [-0.15, -0.1) is 22.7 Å². The highest BCUT2D eigenvalue weighted by atomic mass is 32.1. The molecule has 0 radical (unpaired) electrons. The molecule has 9 heteroatoms. The highest BCUT2D eigenvalue weighted by Gasteiger charge is 2.25. The van der Waals surface area contributed by atoms with Crippen LogP contribution in [0.15, 0.2) is 41.8 Å². The summed E-state index contributed by atoms with van der Waals surface area (Å²) in [6, 6.07) is 11.4. The molecule has 156 valence electrons. The van der Waals surface area contributed by atoms with Crippen molar-refractivity contribution in [2.24, 2.45) is 0 Å². The van der Waals surface area contributed by atoms with Gasteiger partial charge in [0.15, 0.2) is 5.11 Å². The van der Waals surface area contributed by atoms with Crippen LogP contribution in [0.2, 0.25) is 0 Å². The standard InChI is InChI=1S/C21H20N2O4S3/c1-4-27-19(24)16-15(13-8-6-5-7-9-13)12(2)30-18(16)23-21(28)22-14-10-11-29-17(14)20(25)26-3/h5-11H,4H2,1-3H3,(H2,22,23,28). The zero-order valence-electron chi connectivity index (χ0n) is 16.6. The van der Waals surface area contributed by atoms with Crippen LogP contribution in [0.5, 0.6) is 0 Å². The Morgan fingerprint density at radius 3 is 2.50 bits per heavy atom. The summed E-state index contributed by atoms with van der Waals surface area (Å²) in [5, 5.41) is 8.70. The molecule has 0 bridgehead atoms. The first-order valence-electron chi connectivity index (χ1n) is 9.06. The summed E-state index contributed by atoms with van der Waals surface area (Å²) in [7, 11) is 1.33. The molecule has 0 aliphatic rings. The average molecular weight is 461 g/mol. The lowest BCUT2D eigenvalue weighted by Gasteiger charge is -2.12. The Hall–Kier alpha value is -2.75. The molecule has 2 N–H and O–H groups in total. The first-order chi connectivity index (χ1) is 14.5. The predicted octanol–water partition coefficient (Wildman–Crippen LogP) is 5.56. The molecule has 2 aromatic heterocycles. The molecule has 6 nitrogen and oxygen atoms in total. The minimum absolute atomic E-state index is 0.255. The normalized spacial score (nSPS) is 10.4. The molecule has 0 aliphatic carbocycles. The zero-order valence-corrected chi connectivity index (χ0v) is 19.1. The molecule has 0 unspecified atom stereocenters. The highest BCUT2D eigenvalue weighted by Crippen LogP contribution is 2.40. The summed E-state index contributed by atoms with van der Waals surface area (Å²) < 4.78 is 10.1. The van der Waals surface area contributed by atoms with Gasteiger partial charge in [-0.1, -0.05) is 30.3 Å². The number of hydrogen-bond donors (Lipinski definition) is 2. The number of rotatable bonds is 6. The second-order valence-electron chi connectivity index (χ2n) is 6.06. The SMILES string of the molecule is CCOC(=O)c1c(NC(=S)Nc2ccsc2C(=O)OC)sc(C)c1-c1ccccc1. The molecule has 3 aromatic rings. The van der Waals surface area contributed by atoms with Gasteiger partial charge in [0.1, 0.15) is 15.4 Å². The van der Waals surface area contributed by atoms with Gasteiger partial charge in [0.05, 0.1) is 19.4 Å². The molecule has 0 spiro atoms. The van der Waals surface area contributed by atoms with Crippen LogP contribution in [0.25, 0.3) is 11.1 Å². The van der Waals surface area contributed by atoms with Crippen molar-refractivity contribution in [2.45, 2.75) is 13.8 Å². The van der Waals surface area contributed by atoms with E-state index in [1.54, 1.807) is 18.4 Å². The van der Waals surface area contributed by atoms with Gasteiger partial charge in [-0.2, -0.15) is 0 Å². The molecule has 30 heavy (non-hydrogen) atoms. The molecule has 0 amide bonds. The van der Waals surface area contributed by atoms with E-state index in [1.807, 2.05) is 37.3 Å². The number of esters is 2. The van der Waals surface area contributed by atoms with Gasteiger partial charge in [0, 0.05) is 10.4 Å². The molecular formula is C21H20N2O4S3. The largest absolute Gasteiger partial charge is 0.465 e. The first kappa shape index (κ1) is 21.9.